The van der Waals surface area contributed by atoms with Crippen LogP contribution in [0, 0.1) is 0 Å². The van der Waals surface area contributed by atoms with Gasteiger partial charge in [-0.05, 0) is 44.0 Å². The zero-order chi connectivity index (χ0) is 13.4. The molecule has 0 aliphatic carbocycles. The maximum Gasteiger partial charge on any atom is 0.0545 e. The molecule has 1 aromatic rings. The first kappa shape index (κ1) is 15.8. The Labute approximate surface area is 119 Å². The summed E-state index contributed by atoms with van der Waals surface area (Å²) in [4.78, 5) is 1.09. The predicted octanol–water partition coefficient (Wildman–Crippen LogP) is 3.88. The van der Waals surface area contributed by atoms with Crippen LogP contribution >= 0.6 is 23.4 Å². The van der Waals surface area contributed by atoms with Gasteiger partial charge in [-0.1, -0.05) is 24.6 Å². The van der Waals surface area contributed by atoms with Crippen LogP contribution in [0.25, 0.3) is 0 Å². The van der Waals surface area contributed by atoms with Crippen molar-refractivity contribution in [3.05, 3.63) is 28.8 Å². The summed E-state index contributed by atoms with van der Waals surface area (Å²) in [6.07, 6.45) is 1.93. The molecule has 0 saturated heterocycles. The minimum absolute atomic E-state index is 0.237. The van der Waals surface area contributed by atoms with Gasteiger partial charge in [0.15, 0.2) is 0 Å². The van der Waals surface area contributed by atoms with E-state index in [2.05, 4.69) is 31.3 Å². The zero-order valence-electron chi connectivity index (χ0n) is 11.1. The van der Waals surface area contributed by atoms with Crippen LogP contribution in [0.5, 0.6) is 0 Å². The molecule has 0 heterocycles. The van der Waals surface area contributed by atoms with Crippen molar-refractivity contribution in [2.24, 2.45) is 0 Å². The fourth-order valence-corrected chi connectivity index (χ4v) is 2.84. The van der Waals surface area contributed by atoms with Crippen LogP contribution in [-0.4, -0.2) is 24.0 Å². The molecule has 0 saturated carbocycles. The van der Waals surface area contributed by atoms with E-state index in [1.165, 1.54) is 5.56 Å². The Morgan fingerprint density at radius 2 is 2.22 bits per heavy atom. The molecule has 1 atom stereocenters. The molecule has 0 radical (unpaired) electrons. The Hall–Kier alpha value is -0.220. The molecule has 0 fully saturated rings. The monoisotopic (exact) mass is 287 g/mol. The third-order valence-corrected chi connectivity index (χ3v) is 4.30. The lowest BCUT2D eigenvalue weighted by Gasteiger charge is -2.15. The second-order valence-corrected chi connectivity index (χ2v) is 5.84. The van der Waals surface area contributed by atoms with E-state index in [1.54, 1.807) is 11.8 Å². The summed E-state index contributed by atoms with van der Waals surface area (Å²) >= 11 is 7.97. The summed E-state index contributed by atoms with van der Waals surface area (Å²) in [6, 6.07) is 6.57. The highest BCUT2D eigenvalue weighted by molar-refractivity contribution is 7.99. The standard InChI is InChI=1S/C14H22ClNOS/c1-3-7-16-11(2)12-5-6-14(13(15)10-12)18-9-4-8-17/h5-6,10-11,16-17H,3-4,7-9H2,1-2H3. The fourth-order valence-electron chi connectivity index (χ4n) is 1.63. The highest BCUT2D eigenvalue weighted by atomic mass is 35.5. The van der Waals surface area contributed by atoms with Crippen LogP contribution in [0.1, 0.15) is 38.3 Å². The van der Waals surface area contributed by atoms with Crippen LogP contribution in [0.4, 0.5) is 0 Å². The van der Waals surface area contributed by atoms with E-state index in [-0.39, 0.29) is 6.61 Å². The average Bonchev–Trinajstić information content (AvgIpc) is 2.38. The molecule has 1 rings (SSSR count). The Balaban J connectivity index is 2.60. The molecule has 2 nitrogen and oxygen atoms in total. The molecule has 0 aliphatic heterocycles. The zero-order valence-corrected chi connectivity index (χ0v) is 12.7. The Morgan fingerprint density at radius 1 is 1.44 bits per heavy atom. The Kier molecular flexibility index (Phi) is 7.75. The number of aliphatic hydroxyl groups excluding tert-OH is 1. The molecule has 1 unspecified atom stereocenters. The minimum atomic E-state index is 0.237. The first-order chi connectivity index (χ1) is 8.69. The highest BCUT2D eigenvalue weighted by Gasteiger charge is 2.07. The van der Waals surface area contributed by atoms with Gasteiger partial charge in [0.25, 0.3) is 0 Å². The van der Waals surface area contributed by atoms with Crippen LogP contribution in [-0.2, 0) is 0 Å². The molecule has 0 aromatic heterocycles. The SMILES string of the molecule is CCCNC(C)c1ccc(SCCCO)c(Cl)c1. The molecule has 18 heavy (non-hydrogen) atoms. The summed E-state index contributed by atoms with van der Waals surface area (Å²) in [5, 5.41) is 13.0. The molecule has 0 amide bonds. The van der Waals surface area contributed by atoms with Gasteiger partial charge in [-0.3, -0.25) is 0 Å². The number of nitrogens with one attached hydrogen (secondary N) is 1. The minimum Gasteiger partial charge on any atom is -0.396 e. The van der Waals surface area contributed by atoms with Gasteiger partial charge in [0.05, 0.1) is 5.02 Å². The van der Waals surface area contributed by atoms with Gasteiger partial charge in [-0.15, -0.1) is 11.8 Å². The van der Waals surface area contributed by atoms with Gasteiger partial charge in [0, 0.05) is 23.3 Å². The molecule has 0 spiro atoms. The van der Waals surface area contributed by atoms with Gasteiger partial charge >= 0.3 is 0 Å². The number of aliphatic hydroxyl groups is 1. The van der Waals surface area contributed by atoms with Crippen molar-refractivity contribution in [2.45, 2.75) is 37.6 Å². The normalized spacial score (nSPS) is 12.7. The van der Waals surface area contributed by atoms with E-state index in [9.17, 15) is 0 Å². The smallest absolute Gasteiger partial charge is 0.0545 e. The van der Waals surface area contributed by atoms with Crippen molar-refractivity contribution in [3.8, 4) is 0 Å². The molecule has 4 heteroatoms. The molecular weight excluding hydrogens is 266 g/mol. The lowest BCUT2D eigenvalue weighted by atomic mass is 10.1. The second-order valence-electron chi connectivity index (χ2n) is 4.29. The highest BCUT2D eigenvalue weighted by Crippen LogP contribution is 2.30. The lowest BCUT2D eigenvalue weighted by Crippen LogP contribution is -2.19. The van der Waals surface area contributed by atoms with Crippen molar-refractivity contribution in [1.82, 2.24) is 5.32 Å². The van der Waals surface area contributed by atoms with E-state index in [0.717, 1.165) is 35.1 Å². The van der Waals surface area contributed by atoms with Crippen molar-refractivity contribution >= 4 is 23.4 Å². The largest absolute Gasteiger partial charge is 0.396 e. The van der Waals surface area contributed by atoms with E-state index in [0.29, 0.717) is 6.04 Å². The van der Waals surface area contributed by atoms with Crippen LogP contribution in [0.3, 0.4) is 0 Å². The number of rotatable bonds is 8. The summed E-state index contributed by atoms with van der Waals surface area (Å²) < 4.78 is 0. The average molecular weight is 288 g/mol. The summed E-state index contributed by atoms with van der Waals surface area (Å²) in [6.45, 7) is 5.57. The van der Waals surface area contributed by atoms with Gasteiger partial charge in [0.2, 0.25) is 0 Å². The maximum absolute atomic E-state index is 8.76. The first-order valence-corrected chi connectivity index (χ1v) is 7.81. The van der Waals surface area contributed by atoms with E-state index < -0.39 is 0 Å². The van der Waals surface area contributed by atoms with Gasteiger partial charge < -0.3 is 10.4 Å². The topological polar surface area (TPSA) is 32.3 Å². The van der Waals surface area contributed by atoms with E-state index >= 15 is 0 Å². The van der Waals surface area contributed by atoms with Crippen LogP contribution < -0.4 is 5.32 Å². The molecule has 2 N–H and O–H groups in total. The van der Waals surface area contributed by atoms with Crippen molar-refractivity contribution < 1.29 is 5.11 Å². The third-order valence-electron chi connectivity index (χ3n) is 2.72. The number of halogens is 1. The van der Waals surface area contributed by atoms with Crippen molar-refractivity contribution in [2.75, 3.05) is 18.9 Å². The third kappa shape index (κ3) is 5.19. The van der Waals surface area contributed by atoms with Crippen molar-refractivity contribution in [1.29, 1.82) is 0 Å². The Bertz CT molecular complexity index is 360. The number of thioether (sulfide) groups is 1. The van der Waals surface area contributed by atoms with E-state index in [4.69, 9.17) is 16.7 Å². The van der Waals surface area contributed by atoms with Crippen LogP contribution in [0.2, 0.25) is 5.02 Å². The van der Waals surface area contributed by atoms with Crippen LogP contribution in [0.15, 0.2) is 23.1 Å². The summed E-state index contributed by atoms with van der Waals surface area (Å²) in [7, 11) is 0. The summed E-state index contributed by atoms with van der Waals surface area (Å²) in [5.74, 6) is 0.902. The number of benzene rings is 1. The molecule has 1 aromatic carbocycles. The molecule has 0 aliphatic rings. The number of hydrogen-bond acceptors (Lipinski definition) is 3. The number of hydrogen-bond donors (Lipinski definition) is 2. The molecular formula is C14H22ClNOS. The maximum atomic E-state index is 8.76. The van der Waals surface area contributed by atoms with Gasteiger partial charge in [-0.25, -0.2) is 0 Å². The molecule has 0 bridgehead atoms. The summed E-state index contributed by atoms with van der Waals surface area (Å²) in [5.41, 5.74) is 1.22. The second kappa shape index (κ2) is 8.81. The van der Waals surface area contributed by atoms with Gasteiger partial charge in [0.1, 0.15) is 0 Å². The first-order valence-electron chi connectivity index (χ1n) is 6.45. The lowest BCUT2D eigenvalue weighted by molar-refractivity contribution is 0.296. The quantitative estimate of drug-likeness (QED) is 0.562. The molecule has 102 valence electrons. The van der Waals surface area contributed by atoms with Gasteiger partial charge in [-0.2, -0.15) is 0 Å². The Morgan fingerprint density at radius 3 is 2.83 bits per heavy atom. The fraction of sp³-hybridized carbons (Fsp3) is 0.571. The van der Waals surface area contributed by atoms with E-state index in [1.807, 2.05) is 6.07 Å². The van der Waals surface area contributed by atoms with Crippen molar-refractivity contribution in [3.63, 3.8) is 0 Å². The predicted molar refractivity (Wildman–Crippen MR) is 80.6 cm³/mol.